The van der Waals surface area contributed by atoms with Crippen LogP contribution in [-0.2, 0) is 0 Å². The third-order valence-electron chi connectivity index (χ3n) is 3.68. The van der Waals surface area contributed by atoms with E-state index in [0.717, 1.165) is 31.7 Å². The molecule has 1 aliphatic rings. The van der Waals surface area contributed by atoms with E-state index in [2.05, 4.69) is 27.3 Å². The van der Waals surface area contributed by atoms with Gasteiger partial charge in [-0.05, 0) is 25.1 Å². The largest absolute Gasteiger partial charge is 0.337 e. The van der Waals surface area contributed by atoms with Crippen LogP contribution in [0.15, 0.2) is 22.7 Å². The van der Waals surface area contributed by atoms with E-state index in [0.29, 0.717) is 21.8 Å². The maximum absolute atomic E-state index is 6.02. The second-order valence-corrected chi connectivity index (χ2v) is 5.86. The fourth-order valence-electron chi connectivity index (χ4n) is 2.38. The van der Waals surface area contributed by atoms with Gasteiger partial charge in [0.2, 0.25) is 11.7 Å². The van der Waals surface area contributed by atoms with Gasteiger partial charge in [0.1, 0.15) is 0 Å². The Labute approximate surface area is 133 Å². The maximum Gasteiger partial charge on any atom is 0.244 e. The average Bonchev–Trinajstić information content (AvgIpc) is 3.00. The molecule has 0 spiro atoms. The summed E-state index contributed by atoms with van der Waals surface area (Å²) in [5, 5.41) is 8.37. The van der Waals surface area contributed by atoms with Crippen molar-refractivity contribution in [3.05, 3.63) is 34.1 Å². The zero-order chi connectivity index (χ0) is 14.8. The number of aromatic nitrogens is 2. The van der Waals surface area contributed by atoms with Gasteiger partial charge in [-0.2, -0.15) is 4.98 Å². The molecule has 2 aromatic rings. The number of rotatable bonds is 3. The van der Waals surface area contributed by atoms with E-state index in [-0.39, 0.29) is 6.04 Å². The maximum atomic E-state index is 6.02. The number of nitrogens with one attached hydrogen (secondary N) is 1. The number of hydrogen-bond donors (Lipinski definition) is 1. The molecule has 7 heteroatoms. The van der Waals surface area contributed by atoms with E-state index < -0.39 is 0 Å². The summed E-state index contributed by atoms with van der Waals surface area (Å²) in [5.41, 5.74) is 0.798. The molecule has 2 heterocycles. The third-order valence-corrected chi connectivity index (χ3v) is 4.42. The quantitative estimate of drug-likeness (QED) is 0.939. The van der Waals surface area contributed by atoms with Crippen molar-refractivity contribution in [1.29, 1.82) is 0 Å². The molecule has 1 aliphatic heterocycles. The molecule has 1 unspecified atom stereocenters. The number of halogens is 2. The molecule has 0 radical (unpaired) electrons. The molecule has 5 nitrogen and oxygen atoms in total. The van der Waals surface area contributed by atoms with Gasteiger partial charge in [-0.25, -0.2) is 0 Å². The molecule has 0 aliphatic carbocycles. The number of nitrogens with zero attached hydrogens (tertiary/aromatic N) is 3. The minimum atomic E-state index is 0.108. The van der Waals surface area contributed by atoms with Gasteiger partial charge in [0, 0.05) is 31.7 Å². The Morgan fingerprint density at radius 2 is 2.00 bits per heavy atom. The van der Waals surface area contributed by atoms with Crippen LogP contribution in [0, 0.1) is 0 Å². The van der Waals surface area contributed by atoms with Crippen LogP contribution in [0.1, 0.15) is 18.9 Å². The average molecular weight is 327 g/mol. The van der Waals surface area contributed by atoms with Gasteiger partial charge in [-0.3, -0.25) is 4.90 Å². The molecule has 1 N–H and O–H groups in total. The van der Waals surface area contributed by atoms with E-state index in [4.69, 9.17) is 27.7 Å². The minimum Gasteiger partial charge on any atom is -0.337 e. The van der Waals surface area contributed by atoms with E-state index in [1.165, 1.54) is 0 Å². The molecule has 1 atom stereocenters. The first-order valence-electron chi connectivity index (χ1n) is 6.89. The highest BCUT2D eigenvalue weighted by atomic mass is 35.5. The molecular weight excluding hydrogens is 311 g/mol. The third kappa shape index (κ3) is 3.21. The predicted octanol–water partition coefficient (Wildman–Crippen LogP) is 3.01. The molecule has 3 rings (SSSR count). The lowest BCUT2D eigenvalue weighted by Crippen LogP contribution is -2.44. The van der Waals surface area contributed by atoms with Crippen molar-refractivity contribution < 1.29 is 4.52 Å². The smallest absolute Gasteiger partial charge is 0.244 e. The lowest BCUT2D eigenvalue weighted by molar-refractivity contribution is 0.154. The van der Waals surface area contributed by atoms with Crippen LogP contribution in [0.3, 0.4) is 0 Å². The molecule has 0 amide bonds. The van der Waals surface area contributed by atoms with Crippen molar-refractivity contribution >= 4 is 23.2 Å². The predicted molar refractivity (Wildman–Crippen MR) is 82.6 cm³/mol. The topological polar surface area (TPSA) is 54.2 Å². The highest BCUT2D eigenvalue weighted by Crippen LogP contribution is 2.28. The highest BCUT2D eigenvalue weighted by molar-refractivity contribution is 6.42. The van der Waals surface area contributed by atoms with E-state index in [1.807, 2.05) is 6.07 Å². The Morgan fingerprint density at radius 1 is 1.24 bits per heavy atom. The van der Waals surface area contributed by atoms with Gasteiger partial charge >= 0.3 is 0 Å². The molecule has 0 bridgehead atoms. The minimum absolute atomic E-state index is 0.108. The molecule has 1 aromatic heterocycles. The van der Waals surface area contributed by atoms with Crippen LogP contribution in [0.2, 0.25) is 10.0 Å². The van der Waals surface area contributed by atoms with Crippen molar-refractivity contribution in [2.45, 2.75) is 13.0 Å². The van der Waals surface area contributed by atoms with Gasteiger partial charge in [0.25, 0.3) is 0 Å². The fraction of sp³-hybridized carbons (Fsp3) is 0.429. The van der Waals surface area contributed by atoms with E-state index in [9.17, 15) is 0 Å². The number of hydrogen-bond acceptors (Lipinski definition) is 5. The Hall–Kier alpha value is -1.14. The van der Waals surface area contributed by atoms with E-state index in [1.54, 1.807) is 12.1 Å². The summed E-state index contributed by atoms with van der Waals surface area (Å²) in [4.78, 5) is 6.81. The Kier molecular flexibility index (Phi) is 4.45. The number of piperazine rings is 1. The van der Waals surface area contributed by atoms with Crippen molar-refractivity contribution in [2.24, 2.45) is 0 Å². The van der Waals surface area contributed by atoms with Crippen molar-refractivity contribution in [3.63, 3.8) is 0 Å². The van der Waals surface area contributed by atoms with Gasteiger partial charge < -0.3 is 9.84 Å². The molecule has 1 saturated heterocycles. The molecule has 0 saturated carbocycles. The van der Waals surface area contributed by atoms with Crippen LogP contribution < -0.4 is 5.32 Å². The SMILES string of the molecule is CC(c1nc(-c2ccc(Cl)c(Cl)c2)no1)N1CCNCC1. The molecule has 1 aromatic carbocycles. The second kappa shape index (κ2) is 6.32. The van der Waals surface area contributed by atoms with E-state index >= 15 is 0 Å². The molecule has 112 valence electrons. The standard InChI is InChI=1S/C14H16Cl2N4O/c1-9(20-6-4-17-5-7-20)14-18-13(19-21-14)10-2-3-11(15)12(16)8-10/h2-3,8-9,17H,4-7H2,1H3. The zero-order valence-electron chi connectivity index (χ0n) is 11.6. The fourth-order valence-corrected chi connectivity index (χ4v) is 2.68. The molecule has 1 fully saturated rings. The van der Waals surface area contributed by atoms with Crippen LogP contribution in [0.5, 0.6) is 0 Å². The lowest BCUT2D eigenvalue weighted by Gasteiger charge is -2.30. The summed E-state index contributed by atoms with van der Waals surface area (Å²) < 4.78 is 5.40. The Bertz CT molecular complexity index is 625. The van der Waals surface area contributed by atoms with Crippen LogP contribution >= 0.6 is 23.2 Å². The second-order valence-electron chi connectivity index (χ2n) is 5.05. The van der Waals surface area contributed by atoms with Crippen molar-refractivity contribution in [1.82, 2.24) is 20.4 Å². The summed E-state index contributed by atoms with van der Waals surface area (Å²) >= 11 is 11.9. The van der Waals surface area contributed by atoms with Crippen LogP contribution in [-0.4, -0.2) is 41.2 Å². The summed E-state index contributed by atoms with van der Waals surface area (Å²) in [6, 6.07) is 5.41. The first-order valence-corrected chi connectivity index (χ1v) is 7.64. The van der Waals surface area contributed by atoms with Crippen molar-refractivity contribution in [3.8, 4) is 11.4 Å². The van der Waals surface area contributed by atoms with Crippen LogP contribution in [0.25, 0.3) is 11.4 Å². The lowest BCUT2D eigenvalue weighted by atomic mass is 10.2. The van der Waals surface area contributed by atoms with Gasteiger partial charge in [0.15, 0.2) is 0 Å². The normalized spacial score (nSPS) is 17.9. The van der Waals surface area contributed by atoms with Gasteiger partial charge in [-0.1, -0.05) is 28.4 Å². The molecule has 21 heavy (non-hydrogen) atoms. The summed E-state index contributed by atoms with van der Waals surface area (Å²) in [7, 11) is 0. The first kappa shape index (κ1) is 14.8. The Morgan fingerprint density at radius 3 is 2.71 bits per heavy atom. The highest BCUT2D eigenvalue weighted by Gasteiger charge is 2.23. The summed E-state index contributed by atoms with van der Waals surface area (Å²) in [6.07, 6.45) is 0. The van der Waals surface area contributed by atoms with Crippen LogP contribution in [0.4, 0.5) is 0 Å². The summed E-state index contributed by atoms with van der Waals surface area (Å²) in [6.45, 7) is 6.00. The van der Waals surface area contributed by atoms with Crippen molar-refractivity contribution in [2.75, 3.05) is 26.2 Å². The first-order chi connectivity index (χ1) is 10.1. The monoisotopic (exact) mass is 326 g/mol. The zero-order valence-corrected chi connectivity index (χ0v) is 13.2. The van der Waals surface area contributed by atoms with Gasteiger partial charge in [0.05, 0.1) is 16.1 Å². The van der Waals surface area contributed by atoms with Gasteiger partial charge in [-0.15, -0.1) is 0 Å². The molecular formula is C14H16Cl2N4O. The Balaban J connectivity index is 1.80. The summed E-state index contributed by atoms with van der Waals surface area (Å²) in [5.74, 6) is 1.16. The number of benzene rings is 1.